The second-order valence-corrected chi connectivity index (χ2v) is 4.57. The Kier molecular flexibility index (Phi) is 3.16. The molecule has 5 heteroatoms. The monoisotopic (exact) mass is 291 g/mol. The molecule has 4 nitrogen and oxygen atoms in total. The van der Waals surface area contributed by atoms with Crippen LogP contribution in [0.1, 0.15) is 5.56 Å². The van der Waals surface area contributed by atoms with E-state index in [-0.39, 0.29) is 0 Å². The minimum Gasteiger partial charge on any atom is -0.437 e. The van der Waals surface area contributed by atoms with E-state index in [9.17, 15) is 5.26 Å². The topological polar surface area (TPSA) is 52.5 Å². The van der Waals surface area contributed by atoms with Crippen molar-refractivity contribution < 1.29 is 4.42 Å². The third kappa shape index (κ3) is 2.17. The first kappa shape index (κ1) is 11.7. The Labute approximate surface area is 107 Å². The van der Waals surface area contributed by atoms with Crippen molar-refractivity contribution in [2.45, 2.75) is 0 Å². The van der Waals surface area contributed by atoms with Crippen molar-refractivity contribution in [3.8, 4) is 6.07 Å². The lowest BCUT2D eigenvalue weighted by Gasteiger charge is -2.00. The molecular formula is C12H10BrN3O. The van der Waals surface area contributed by atoms with E-state index < -0.39 is 0 Å². The van der Waals surface area contributed by atoms with Crippen LogP contribution in [-0.2, 0) is 0 Å². The highest BCUT2D eigenvalue weighted by atomic mass is 79.9. The minimum atomic E-state index is 0.336. The van der Waals surface area contributed by atoms with E-state index in [1.807, 2.05) is 32.3 Å². The fourth-order valence-electron chi connectivity index (χ4n) is 1.46. The fourth-order valence-corrected chi connectivity index (χ4v) is 2.00. The Balaban J connectivity index is 2.66. The van der Waals surface area contributed by atoms with Gasteiger partial charge in [0.25, 0.3) is 0 Å². The molecule has 0 atom stereocenters. The van der Waals surface area contributed by atoms with E-state index in [0.29, 0.717) is 17.0 Å². The first-order valence-corrected chi connectivity index (χ1v) is 5.74. The molecule has 2 aromatic rings. The number of halogens is 1. The molecule has 86 valence electrons. The summed E-state index contributed by atoms with van der Waals surface area (Å²) in [7, 11) is 3.71. The number of nitrogens with zero attached hydrogens (tertiary/aromatic N) is 3. The highest BCUT2D eigenvalue weighted by Crippen LogP contribution is 2.35. The number of benzene rings is 1. The van der Waals surface area contributed by atoms with Crippen LogP contribution in [0.2, 0.25) is 0 Å². The number of fused-ring (bicyclic) bond motifs is 1. The molecule has 0 spiro atoms. The molecule has 0 radical (unpaired) electrons. The van der Waals surface area contributed by atoms with Gasteiger partial charge >= 0.3 is 0 Å². The number of rotatable bonds is 2. The van der Waals surface area contributed by atoms with Gasteiger partial charge in [-0.2, -0.15) is 5.26 Å². The normalized spacial score (nSPS) is 10.9. The molecule has 1 heterocycles. The highest BCUT2D eigenvalue weighted by molar-refractivity contribution is 9.10. The molecule has 1 aromatic heterocycles. The number of nitriles is 1. The zero-order valence-corrected chi connectivity index (χ0v) is 11.0. The minimum absolute atomic E-state index is 0.336. The Morgan fingerprint density at radius 2 is 2.24 bits per heavy atom. The fraction of sp³-hybridized carbons (Fsp3) is 0.167. The van der Waals surface area contributed by atoms with Crippen LogP contribution >= 0.6 is 15.9 Å². The van der Waals surface area contributed by atoms with Crippen molar-refractivity contribution in [2.24, 2.45) is 4.99 Å². The molecule has 0 N–H and O–H groups in total. The Morgan fingerprint density at radius 3 is 2.88 bits per heavy atom. The summed E-state index contributed by atoms with van der Waals surface area (Å²) in [6.45, 7) is 0. The van der Waals surface area contributed by atoms with Crippen LogP contribution in [0.15, 0.2) is 32.1 Å². The molecule has 0 saturated carbocycles. The lowest BCUT2D eigenvalue weighted by molar-refractivity contribution is 0.611. The van der Waals surface area contributed by atoms with Gasteiger partial charge in [-0.3, -0.25) is 0 Å². The molecule has 0 unspecified atom stereocenters. The van der Waals surface area contributed by atoms with Gasteiger partial charge in [-0.15, -0.1) is 0 Å². The summed E-state index contributed by atoms with van der Waals surface area (Å²) in [5, 5.41) is 9.94. The van der Waals surface area contributed by atoms with Gasteiger partial charge < -0.3 is 9.32 Å². The van der Waals surface area contributed by atoms with Crippen LogP contribution < -0.4 is 0 Å². The summed E-state index contributed by atoms with van der Waals surface area (Å²) in [5.74, 6) is 0.336. The Morgan fingerprint density at radius 1 is 1.47 bits per heavy atom. The predicted octanol–water partition coefficient (Wildman–Crippen LogP) is 3.29. The van der Waals surface area contributed by atoms with Crippen molar-refractivity contribution >= 4 is 39.1 Å². The van der Waals surface area contributed by atoms with Gasteiger partial charge in [0.2, 0.25) is 5.88 Å². The average Bonchev–Trinajstić information content (AvgIpc) is 2.65. The van der Waals surface area contributed by atoms with Crippen molar-refractivity contribution in [3.05, 3.63) is 28.2 Å². The summed E-state index contributed by atoms with van der Waals surface area (Å²) in [6.07, 6.45) is 1.60. The van der Waals surface area contributed by atoms with E-state index in [0.717, 1.165) is 9.86 Å². The van der Waals surface area contributed by atoms with E-state index in [2.05, 4.69) is 27.0 Å². The number of hydrogen-bond acceptors (Lipinski definition) is 3. The number of furan rings is 1. The van der Waals surface area contributed by atoms with Crippen LogP contribution in [0.5, 0.6) is 0 Å². The SMILES string of the molecule is CN(C)/C=N\c1oc2cccc(Br)c2c1C#N. The van der Waals surface area contributed by atoms with Crippen LogP contribution in [0, 0.1) is 11.3 Å². The third-order valence-electron chi connectivity index (χ3n) is 2.16. The van der Waals surface area contributed by atoms with Gasteiger partial charge in [0.15, 0.2) is 0 Å². The first-order valence-electron chi connectivity index (χ1n) is 4.95. The maximum atomic E-state index is 9.18. The molecule has 0 bridgehead atoms. The summed E-state index contributed by atoms with van der Waals surface area (Å²) in [5.41, 5.74) is 1.10. The van der Waals surface area contributed by atoms with E-state index in [4.69, 9.17) is 4.42 Å². The van der Waals surface area contributed by atoms with Gasteiger partial charge in [-0.25, -0.2) is 4.99 Å². The van der Waals surface area contributed by atoms with Gasteiger partial charge in [-0.05, 0) is 28.1 Å². The molecule has 0 aliphatic carbocycles. The zero-order chi connectivity index (χ0) is 12.4. The maximum Gasteiger partial charge on any atom is 0.239 e. The zero-order valence-electron chi connectivity index (χ0n) is 9.44. The molecule has 0 saturated heterocycles. The van der Waals surface area contributed by atoms with Crippen LogP contribution in [0.4, 0.5) is 5.88 Å². The lowest BCUT2D eigenvalue weighted by Crippen LogP contribution is -2.06. The van der Waals surface area contributed by atoms with Gasteiger partial charge in [0.1, 0.15) is 17.2 Å². The summed E-state index contributed by atoms with van der Waals surface area (Å²) in [6, 6.07) is 7.67. The molecule has 0 fully saturated rings. The first-order chi connectivity index (χ1) is 8.13. The molecular weight excluding hydrogens is 282 g/mol. The van der Waals surface area contributed by atoms with Gasteiger partial charge in [0.05, 0.1) is 11.7 Å². The largest absolute Gasteiger partial charge is 0.437 e. The summed E-state index contributed by atoms with van der Waals surface area (Å²) in [4.78, 5) is 5.93. The number of aliphatic imine (C=N–C) groups is 1. The van der Waals surface area contributed by atoms with E-state index in [1.54, 1.807) is 11.2 Å². The van der Waals surface area contributed by atoms with Crippen molar-refractivity contribution in [1.82, 2.24) is 4.90 Å². The quantitative estimate of drug-likeness (QED) is 0.630. The van der Waals surface area contributed by atoms with Crippen molar-refractivity contribution in [3.63, 3.8) is 0 Å². The second-order valence-electron chi connectivity index (χ2n) is 3.72. The molecule has 2 rings (SSSR count). The van der Waals surface area contributed by atoms with E-state index in [1.165, 1.54) is 0 Å². The van der Waals surface area contributed by atoms with Crippen LogP contribution in [-0.4, -0.2) is 25.3 Å². The molecule has 0 amide bonds. The molecule has 0 aliphatic rings. The molecule has 17 heavy (non-hydrogen) atoms. The second kappa shape index (κ2) is 4.60. The standard InChI is InChI=1S/C12H10BrN3O/c1-16(2)7-15-12-8(6-14)11-9(13)4-3-5-10(11)17-12/h3-5,7H,1-2H3/b15-7-. The molecule has 1 aromatic carbocycles. The maximum absolute atomic E-state index is 9.18. The van der Waals surface area contributed by atoms with Crippen LogP contribution in [0.25, 0.3) is 11.0 Å². The van der Waals surface area contributed by atoms with Gasteiger partial charge in [-0.1, -0.05) is 6.07 Å². The van der Waals surface area contributed by atoms with Crippen molar-refractivity contribution in [1.29, 1.82) is 5.26 Å². The summed E-state index contributed by atoms with van der Waals surface area (Å²) < 4.78 is 6.38. The Hall–Kier alpha value is -1.80. The lowest BCUT2D eigenvalue weighted by atomic mass is 10.2. The third-order valence-corrected chi connectivity index (χ3v) is 2.82. The Bertz CT molecular complexity index is 622. The van der Waals surface area contributed by atoms with Gasteiger partial charge in [0, 0.05) is 18.6 Å². The predicted molar refractivity (Wildman–Crippen MR) is 70.5 cm³/mol. The van der Waals surface area contributed by atoms with Crippen LogP contribution in [0.3, 0.4) is 0 Å². The average molecular weight is 292 g/mol. The van der Waals surface area contributed by atoms with E-state index >= 15 is 0 Å². The molecule has 0 aliphatic heterocycles. The smallest absolute Gasteiger partial charge is 0.239 e. The highest BCUT2D eigenvalue weighted by Gasteiger charge is 2.15. The number of hydrogen-bond donors (Lipinski definition) is 0. The van der Waals surface area contributed by atoms with Crippen molar-refractivity contribution in [2.75, 3.05) is 14.1 Å². The summed E-state index contributed by atoms with van der Waals surface area (Å²) >= 11 is 3.41.